The summed E-state index contributed by atoms with van der Waals surface area (Å²) in [5, 5.41) is 12.2. The molecular weight excluding hydrogens is 306 g/mol. The lowest BCUT2D eigenvalue weighted by Crippen LogP contribution is -2.24. The molecule has 0 aliphatic heterocycles. The zero-order valence-electron chi connectivity index (χ0n) is 14.5. The molecule has 0 saturated carbocycles. The second-order valence-corrected chi connectivity index (χ2v) is 6.93. The van der Waals surface area contributed by atoms with Crippen molar-refractivity contribution in [1.82, 2.24) is 29.5 Å². The topological polar surface area (TPSA) is 93.4 Å². The first-order valence-electron chi connectivity index (χ1n) is 8.04. The molecule has 128 valence electrons. The van der Waals surface area contributed by atoms with Crippen LogP contribution in [0.25, 0.3) is 11.0 Å². The van der Waals surface area contributed by atoms with Gasteiger partial charge in [0.1, 0.15) is 5.39 Å². The first kappa shape index (κ1) is 16.2. The summed E-state index contributed by atoms with van der Waals surface area (Å²) in [5.74, 6) is 0.477. The van der Waals surface area contributed by atoms with Gasteiger partial charge in [-0.05, 0) is 39.2 Å². The summed E-state index contributed by atoms with van der Waals surface area (Å²) >= 11 is 0. The number of hydrogen-bond donors (Lipinski definition) is 2. The average molecular weight is 329 g/mol. The number of aryl methyl sites for hydroxylation is 2. The highest BCUT2D eigenvalue weighted by Gasteiger charge is 2.19. The van der Waals surface area contributed by atoms with Crippen molar-refractivity contribution < 1.29 is 0 Å². The molecular formula is C16H23N7O. The van der Waals surface area contributed by atoms with E-state index in [9.17, 15) is 4.79 Å². The maximum atomic E-state index is 12.2. The molecule has 0 amide bonds. The molecule has 0 aromatic carbocycles. The minimum absolute atomic E-state index is 0.176. The van der Waals surface area contributed by atoms with Crippen LogP contribution in [0.5, 0.6) is 0 Å². The van der Waals surface area contributed by atoms with E-state index in [0.29, 0.717) is 23.5 Å². The Morgan fingerprint density at radius 2 is 2.04 bits per heavy atom. The monoisotopic (exact) mass is 329 g/mol. The van der Waals surface area contributed by atoms with E-state index in [-0.39, 0.29) is 11.1 Å². The molecule has 0 radical (unpaired) electrons. The number of rotatable bonds is 5. The number of aromatic nitrogens is 6. The molecule has 0 unspecified atom stereocenters. The van der Waals surface area contributed by atoms with Crippen molar-refractivity contribution >= 4 is 17.0 Å². The molecule has 0 saturated heterocycles. The van der Waals surface area contributed by atoms with Crippen LogP contribution in [0.3, 0.4) is 0 Å². The fourth-order valence-electron chi connectivity index (χ4n) is 2.59. The fraction of sp³-hybridized carbons (Fsp3) is 0.500. The standard InChI is InChI=1S/C16H23N7O/c1-16(2,3)23-13-12(9-19-23)14(24)21-15(20-13)17-7-5-6-11-8-18-22(4)10-11/h8-10H,5-7H2,1-4H3,(H2,17,20,21,24). The molecule has 0 aliphatic rings. The highest BCUT2D eigenvalue weighted by Crippen LogP contribution is 2.18. The summed E-state index contributed by atoms with van der Waals surface area (Å²) in [7, 11) is 1.91. The molecule has 0 spiro atoms. The van der Waals surface area contributed by atoms with Crippen molar-refractivity contribution in [1.29, 1.82) is 0 Å². The third-order valence-corrected chi connectivity index (χ3v) is 3.77. The van der Waals surface area contributed by atoms with Crippen LogP contribution in [0.4, 0.5) is 5.95 Å². The molecule has 0 aliphatic carbocycles. The van der Waals surface area contributed by atoms with Crippen LogP contribution in [0, 0.1) is 0 Å². The number of H-pyrrole nitrogens is 1. The molecule has 3 rings (SSSR count). The van der Waals surface area contributed by atoms with Crippen molar-refractivity contribution in [2.24, 2.45) is 7.05 Å². The largest absolute Gasteiger partial charge is 0.356 e. The van der Waals surface area contributed by atoms with Crippen molar-refractivity contribution in [3.8, 4) is 0 Å². The Morgan fingerprint density at radius 1 is 1.25 bits per heavy atom. The predicted molar refractivity (Wildman–Crippen MR) is 93.2 cm³/mol. The fourth-order valence-corrected chi connectivity index (χ4v) is 2.59. The van der Waals surface area contributed by atoms with Gasteiger partial charge in [-0.2, -0.15) is 15.2 Å². The maximum Gasteiger partial charge on any atom is 0.263 e. The predicted octanol–water partition coefficient (Wildman–Crippen LogP) is 1.65. The second-order valence-electron chi connectivity index (χ2n) is 6.93. The van der Waals surface area contributed by atoms with E-state index in [2.05, 4.69) is 25.5 Å². The van der Waals surface area contributed by atoms with E-state index < -0.39 is 0 Å². The van der Waals surface area contributed by atoms with E-state index in [1.165, 1.54) is 5.56 Å². The van der Waals surface area contributed by atoms with Gasteiger partial charge in [0.25, 0.3) is 5.56 Å². The maximum absolute atomic E-state index is 12.2. The number of anilines is 1. The zero-order chi connectivity index (χ0) is 17.3. The van der Waals surface area contributed by atoms with Gasteiger partial charge in [0.15, 0.2) is 5.65 Å². The van der Waals surface area contributed by atoms with E-state index >= 15 is 0 Å². The number of fused-ring (bicyclic) bond motifs is 1. The first-order chi connectivity index (χ1) is 11.3. The quantitative estimate of drug-likeness (QED) is 0.694. The Labute approximate surface area is 139 Å². The molecule has 24 heavy (non-hydrogen) atoms. The van der Waals surface area contributed by atoms with Crippen molar-refractivity contribution in [3.05, 3.63) is 34.5 Å². The summed E-state index contributed by atoms with van der Waals surface area (Å²) in [6.07, 6.45) is 7.29. The zero-order valence-corrected chi connectivity index (χ0v) is 14.5. The smallest absolute Gasteiger partial charge is 0.263 e. The third-order valence-electron chi connectivity index (χ3n) is 3.77. The van der Waals surface area contributed by atoms with Gasteiger partial charge in [-0.1, -0.05) is 0 Å². The Hall–Kier alpha value is -2.64. The summed E-state index contributed by atoms with van der Waals surface area (Å²) in [4.78, 5) is 19.5. The van der Waals surface area contributed by atoms with Gasteiger partial charge < -0.3 is 5.32 Å². The molecule has 8 heteroatoms. The molecule has 8 nitrogen and oxygen atoms in total. The van der Waals surface area contributed by atoms with Gasteiger partial charge in [0.05, 0.1) is 17.9 Å². The van der Waals surface area contributed by atoms with Crippen LogP contribution in [0.2, 0.25) is 0 Å². The highest BCUT2D eigenvalue weighted by molar-refractivity contribution is 5.74. The van der Waals surface area contributed by atoms with Crippen molar-refractivity contribution in [2.45, 2.75) is 39.2 Å². The van der Waals surface area contributed by atoms with Crippen LogP contribution in [0.15, 0.2) is 23.4 Å². The first-order valence-corrected chi connectivity index (χ1v) is 8.04. The van der Waals surface area contributed by atoms with E-state index in [4.69, 9.17) is 0 Å². The summed E-state index contributed by atoms with van der Waals surface area (Å²) in [6, 6.07) is 0. The van der Waals surface area contributed by atoms with Crippen LogP contribution in [-0.4, -0.2) is 36.1 Å². The second kappa shape index (κ2) is 6.10. The van der Waals surface area contributed by atoms with Crippen molar-refractivity contribution in [2.75, 3.05) is 11.9 Å². The van der Waals surface area contributed by atoms with Crippen LogP contribution in [0.1, 0.15) is 32.8 Å². The Balaban J connectivity index is 1.71. The van der Waals surface area contributed by atoms with Crippen LogP contribution in [-0.2, 0) is 19.0 Å². The van der Waals surface area contributed by atoms with Gasteiger partial charge in [0.2, 0.25) is 5.95 Å². The summed E-state index contributed by atoms with van der Waals surface area (Å²) in [6.45, 7) is 6.81. The Bertz CT molecular complexity index is 897. The number of hydrogen-bond acceptors (Lipinski definition) is 5. The SMILES string of the molecule is Cn1cc(CCCNc2nc3c(cnn3C(C)(C)C)c(=O)[nH]2)cn1. The lowest BCUT2D eigenvalue weighted by atomic mass is 10.1. The molecule has 2 N–H and O–H groups in total. The third kappa shape index (κ3) is 3.32. The average Bonchev–Trinajstić information content (AvgIpc) is 3.09. The minimum atomic E-state index is -0.236. The van der Waals surface area contributed by atoms with Crippen molar-refractivity contribution in [3.63, 3.8) is 0 Å². The lowest BCUT2D eigenvalue weighted by Gasteiger charge is -2.19. The van der Waals surface area contributed by atoms with E-state index in [1.54, 1.807) is 15.6 Å². The molecule has 3 aromatic heterocycles. The molecule has 3 heterocycles. The van der Waals surface area contributed by atoms with E-state index in [1.807, 2.05) is 40.2 Å². The van der Waals surface area contributed by atoms with Crippen LogP contribution >= 0.6 is 0 Å². The van der Waals surface area contributed by atoms with Gasteiger partial charge in [-0.3, -0.25) is 14.5 Å². The van der Waals surface area contributed by atoms with E-state index in [0.717, 1.165) is 12.8 Å². The van der Waals surface area contributed by atoms with Gasteiger partial charge in [-0.25, -0.2) is 4.68 Å². The molecule has 0 atom stereocenters. The summed E-state index contributed by atoms with van der Waals surface area (Å²) in [5.41, 5.74) is 1.38. The van der Waals surface area contributed by atoms with Gasteiger partial charge >= 0.3 is 0 Å². The minimum Gasteiger partial charge on any atom is -0.356 e. The Kier molecular flexibility index (Phi) is 4.13. The lowest BCUT2D eigenvalue weighted by molar-refractivity contribution is 0.366. The molecule has 0 bridgehead atoms. The number of nitrogens with zero attached hydrogens (tertiary/aromatic N) is 5. The number of nitrogens with one attached hydrogen (secondary N) is 2. The number of aromatic amines is 1. The normalized spacial score (nSPS) is 12.0. The molecule has 0 fully saturated rings. The summed E-state index contributed by atoms with van der Waals surface area (Å²) < 4.78 is 3.57. The van der Waals surface area contributed by atoms with Gasteiger partial charge in [-0.15, -0.1) is 0 Å². The Morgan fingerprint density at radius 3 is 2.71 bits per heavy atom. The van der Waals surface area contributed by atoms with Gasteiger partial charge in [0, 0.05) is 19.8 Å². The molecule has 3 aromatic rings. The highest BCUT2D eigenvalue weighted by atomic mass is 16.1. The van der Waals surface area contributed by atoms with Crippen LogP contribution < -0.4 is 10.9 Å².